The number of nitrogens with zero attached hydrogens (tertiary/aromatic N) is 2. The zero-order chi connectivity index (χ0) is 16.2. The van der Waals surface area contributed by atoms with Gasteiger partial charge in [0.05, 0.1) is 5.25 Å². The molecule has 1 unspecified atom stereocenters. The number of halogens is 1. The molecule has 1 aromatic rings. The molecule has 0 spiro atoms. The van der Waals surface area contributed by atoms with Crippen molar-refractivity contribution < 1.29 is 4.79 Å². The molecular formula is C18H25ClN2OS. The summed E-state index contributed by atoms with van der Waals surface area (Å²) in [6, 6.07) is 8.49. The van der Waals surface area contributed by atoms with Gasteiger partial charge >= 0.3 is 0 Å². The third kappa shape index (κ3) is 4.43. The quantitative estimate of drug-likeness (QED) is 0.767. The van der Waals surface area contributed by atoms with E-state index in [1.54, 1.807) is 11.8 Å². The number of piperazine rings is 1. The highest BCUT2D eigenvalue weighted by atomic mass is 35.5. The van der Waals surface area contributed by atoms with Gasteiger partial charge in [0.25, 0.3) is 0 Å². The highest BCUT2D eigenvalue weighted by Gasteiger charge is 2.29. The van der Waals surface area contributed by atoms with E-state index in [-0.39, 0.29) is 11.2 Å². The Balaban J connectivity index is 1.49. The lowest BCUT2D eigenvalue weighted by Gasteiger charge is -2.38. The van der Waals surface area contributed by atoms with Crippen LogP contribution in [0.25, 0.3) is 0 Å². The second kappa shape index (κ2) is 7.91. The summed E-state index contributed by atoms with van der Waals surface area (Å²) in [5.74, 6) is 0.260. The van der Waals surface area contributed by atoms with Crippen LogP contribution in [0.15, 0.2) is 29.2 Å². The van der Waals surface area contributed by atoms with Crippen molar-refractivity contribution in [3.8, 4) is 0 Å². The van der Waals surface area contributed by atoms with E-state index in [9.17, 15) is 4.79 Å². The molecule has 1 saturated carbocycles. The van der Waals surface area contributed by atoms with Gasteiger partial charge in [-0.1, -0.05) is 24.4 Å². The summed E-state index contributed by atoms with van der Waals surface area (Å²) < 4.78 is 0. The van der Waals surface area contributed by atoms with E-state index in [0.717, 1.165) is 42.1 Å². The molecule has 2 fully saturated rings. The first-order valence-electron chi connectivity index (χ1n) is 8.58. The fourth-order valence-corrected chi connectivity index (χ4v) is 4.68. The van der Waals surface area contributed by atoms with Crippen molar-refractivity contribution in [3.63, 3.8) is 0 Å². The summed E-state index contributed by atoms with van der Waals surface area (Å²) in [6.07, 6.45) is 5.44. The first kappa shape index (κ1) is 17.1. The lowest BCUT2D eigenvalue weighted by molar-refractivity contribution is -0.132. The molecular weight excluding hydrogens is 328 g/mol. The average molecular weight is 353 g/mol. The smallest absolute Gasteiger partial charge is 0.235 e. The zero-order valence-electron chi connectivity index (χ0n) is 13.7. The summed E-state index contributed by atoms with van der Waals surface area (Å²) in [5, 5.41) is 0.686. The van der Waals surface area contributed by atoms with Crippen LogP contribution in [0.3, 0.4) is 0 Å². The van der Waals surface area contributed by atoms with Gasteiger partial charge < -0.3 is 4.90 Å². The van der Waals surface area contributed by atoms with Gasteiger partial charge in [0, 0.05) is 42.1 Å². The van der Waals surface area contributed by atoms with E-state index in [4.69, 9.17) is 11.6 Å². The van der Waals surface area contributed by atoms with Crippen molar-refractivity contribution in [3.05, 3.63) is 29.3 Å². The van der Waals surface area contributed by atoms with Crippen molar-refractivity contribution in [2.75, 3.05) is 26.2 Å². The summed E-state index contributed by atoms with van der Waals surface area (Å²) in [4.78, 5) is 18.4. The van der Waals surface area contributed by atoms with Gasteiger partial charge in [-0.2, -0.15) is 0 Å². The van der Waals surface area contributed by atoms with E-state index >= 15 is 0 Å². The third-order valence-corrected chi connectivity index (χ3v) is 6.29. The molecule has 2 aliphatic rings. The highest BCUT2D eigenvalue weighted by molar-refractivity contribution is 8.00. The molecule has 3 nitrogen and oxygen atoms in total. The summed E-state index contributed by atoms with van der Waals surface area (Å²) in [5.41, 5.74) is 0. The molecule has 23 heavy (non-hydrogen) atoms. The molecule has 5 heteroatoms. The highest BCUT2D eigenvalue weighted by Crippen LogP contribution is 2.27. The van der Waals surface area contributed by atoms with Crippen LogP contribution in [0.5, 0.6) is 0 Å². The van der Waals surface area contributed by atoms with Crippen LogP contribution in [0.4, 0.5) is 0 Å². The summed E-state index contributed by atoms with van der Waals surface area (Å²) in [7, 11) is 0. The number of benzene rings is 1. The third-order valence-electron chi connectivity index (χ3n) is 4.94. The average Bonchev–Trinajstić information content (AvgIpc) is 3.11. The van der Waals surface area contributed by atoms with Gasteiger partial charge in [-0.3, -0.25) is 9.69 Å². The Kier molecular flexibility index (Phi) is 5.89. The van der Waals surface area contributed by atoms with Crippen molar-refractivity contribution >= 4 is 29.3 Å². The first-order valence-corrected chi connectivity index (χ1v) is 9.84. The Hall–Kier alpha value is -0.710. The molecule has 0 radical (unpaired) electrons. The number of carbonyl (C=O) groups excluding carboxylic acids is 1. The maximum absolute atomic E-state index is 12.7. The monoisotopic (exact) mass is 352 g/mol. The van der Waals surface area contributed by atoms with E-state index in [2.05, 4.69) is 4.90 Å². The Labute approximate surface area is 148 Å². The molecule has 126 valence electrons. The number of amides is 1. The van der Waals surface area contributed by atoms with Crippen LogP contribution in [0.2, 0.25) is 5.02 Å². The van der Waals surface area contributed by atoms with Crippen LogP contribution < -0.4 is 0 Å². The van der Waals surface area contributed by atoms with Gasteiger partial charge in [-0.25, -0.2) is 0 Å². The predicted octanol–water partition coefficient (Wildman–Crippen LogP) is 3.91. The molecule has 1 atom stereocenters. The molecule has 1 amide bonds. The maximum atomic E-state index is 12.7. The van der Waals surface area contributed by atoms with Crippen molar-refractivity contribution in [1.29, 1.82) is 0 Å². The topological polar surface area (TPSA) is 23.6 Å². The zero-order valence-corrected chi connectivity index (χ0v) is 15.3. The van der Waals surface area contributed by atoms with Crippen molar-refractivity contribution in [2.24, 2.45) is 0 Å². The number of thioether (sulfide) groups is 1. The molecule has 1 aliphatic carbocycles. The molecule has 1 aromatic carbocycles. The van der Waals surface area contributed by atoms with Gasteiger partial charge in [0.15, 0.2) is 0 Å². The fourth-order valence-electron chi connectivity index (χ4n) is 3.60. The summed E-state index contributed by atoms with van der Waals surface area (Å²) in [6.45, 7) is 5.83. The molecule has 1 heterocycles. The van der Waals surface area contributed by atoms with Crippen LogP contribution in [0.1, 0.15) is 32.6 Å². The number of rotatable bonds is 4. The minimum absolute atomic E-state index is 0.0470. The second-order valence-corrected chi connectivity index (χ2v) is 8.36. The van der Waals surface area contributed by atoms with Gasteiger partial charge in [0.1, 0.15) is 0 Å². The SMILES string of the molecule is CC(Sc1ccc(Cl)cc1)C(=O)N1CCN(C2CCCC2)CC1. The van der Waals surface area contributed by atoms with E-state index in [1.807, 2.05) is 36.1 Å². The van der Waals surface area contributed by atoms with Crippen molar-refractivity contribution in [2.45, 2.75) is 48.8 Å². The van der Waals surface area contributed by atoms with Crippen LogP contribution in [-0.2, 0) is 4.79 Å². The minimum atomic E-state index is -0.0470. The Morgan fingerprint density at radius 2 is 1.74 bits per heavy atom. The molecule has 1 aliphatic heterocycles. The lowest BCUT2D eigenvalue weighted by Crippen LogP contribution is -2.52. The van der Waals surface area contributed by atoms with Gasteiger partial charge in [-0.15, -0.1) is 11.8 Å². The Bertz CT molecular complexity index is 522. The van der Waals surface area contributed by atoms with E-state index in [1.165, 1.54) is 25.7 Å². The van der Waals surface area contributed by atoms with Crippen LogP contribution in [-0.4, -0.2) is 53.2 Å². The van der Waals surface area contributed by atoms with Crippen LogP contribution in [0, 0.1) is 0 Å². The lowest BCUT2D eigenvalue weighted by atomic mass is 10.2. The van der Waals surface area contributed by atoms with E-state index in [0.29, 0.717) is 0 Å². The van der Waals surface area contributed by atoms with E-state index < -0.39 is 0 Å². The van der Waals surface area contributed by atoms with Gasteiger partial charge in [-0.05, 0) is 44.0 Å². The predicted molar refractivity (Wildman–Crippen MR) is 97.2 cm³/mol. The molecule has 0 bridgehead atoms. The molecule has 0 aromatic heterocycles. The second-order valence-electron chi connectivity index (χ2n) is 6.51. The molecule has 1 saturated heterocycles. The molecule has 3 rings (SSSR count). The number of hydrogen-bond acceptors (Lipinski definition) is 3. The number of carbonyl (C=O) groups is 1. The van der Waals surface area contributed by atoms with Crippen LogP contribution >= 0.6 is 23.4 Å². The Morgan fingerprint density at radius 3 is 2.35 bits per heavy atom. The molecule has 0 N–H and O–H groups in total. The fraction of sp³-hybridized carbons (Fsp3) is 0.611. The Morgan fingerprint density at radius 1 is 1.13 bits per heavy atom. The maximum Gasteiger partial charge on any atom is 0.235 e. The first-order chi connectivity index (χ1) is 11.1. The standard InChI is InChI=1S/C18H25ClN2OS/c1-14(23-17-8-6-15(19)7-9-17)18(22)21-12-10-20(11-13-21)16-4-2-3-5-16/h6-9,14,16H,2-5,10-13H2,1H3. The van der Waals surface area contributed by atoms with Gasteiger partial charge in [0.2, 0.25) is 5.91 Å². The number of hydrogen-bond donors (Lipinski definition) is 0. The van der Waals surface area contributed by atoms with Crippen molar-refractivity contribution in [1.82, 2.24) is 9.80 Å². The largest absolute Gasteiger partial charge is 0.339 e. The summed E-state index contributed by atoms with van der Waals surface area (Å²) >= 11 is 7.53. The normalized spacial score (nSPS) is 21.6. The minimum Gasteiger partial charge on any atom is -0.339 e.